The third-order valence-electron chi connectivity index (χ3n) is 5.24. The first-order valence-electron chi connectivity index (χ1n) is 8.12. The number of nitrogens with two attached hydrogens (primary N) is 1. The fraction of sp³-hybridized carbons (Fsp3) is 0.647. The van der Waals surface area contributed by atoms with Crippen LogP contribution in [0.3, 0.4) is 0 Å². The smallest absolute Gasteiger partial charge is 0.130 e. The molecule has 1 aliphatic heterocycles. The lowest BCUT2D eigenvalue weighted by molar-refractivity contribution is 0.133. The molecule has 0 amide bonds. The summed E-state index contributed by atoms with van der Waals surface area (Å²) in [4.78, 5) is 2.28. The molecule has 1 aromatic carbocycles. The van der Waals surface area contributed by atoms with Crippen molar-refractivity contribution in [2.75, 3.05) is 13.1 Å². The molecule has 2 unspecified atom stereocenters. The van der Waals surface area contributed by atoms with E-state index >= 15 is 0 Å². The van der Waals surface area contributed by atoms with Crippen LogP contribution in [0.5, 0.6) is 0 Å². The Morgan fingerprint density at radius 3 is 2.38 bits per heavy atom. The first kappa shape index (κ1) is 14.9. The lowest BCUT2D eigenvalue weighted by Gasteiger charge is -2.36. The zero-order chi connectivity index (χ0) is 14.8. The van der Waals surface area contributed by atoms with E-state index in [4.69, 9.17) is 5.73 Å². The van der Waals surface area contributed by atoms with Crippen LogP contribution in [-0.2, 0) is 0 Å². The highest BCUT2D eigenvalue weighted by molar-refractivity contribution is 5.24. The molecule has 2 atom stereocenters. The van der Waals surface area contributed by atoms with Gasteiger partial charge in [-0.25, -0.2) is 8.78 Å². The van der Waals surface area contributed by atoms with Crippen molar-refractivity contribution < 1.29 is 8.78 Å². The van der Waals surface area contributed by atoms with E-state index in [1.54, 1.807) is 0 Å². The van der Waals surface area contributed by atoms with Crippen molar-refractivity contribution in [1.29, 1.82) is 0 Å². The molecule has 0 aromatic heterocycles. The number of hydrogen-bond donors (Lipinski definition) is 1. The van der Waals surface area contributed by atoms with Crippen molar-refractivity contribution in [3.8, 4) is 0 Å². The molecule has 1 saturated carbocycles. The van der Waals surface area contributed by atoms with E-state index in [1.807, 2.05) is 0 Å². The van der Waals surface area contributed by atoms with Crippen LogP contribution in [0.4, 0.5) is 8.78 Å². The van der Waals surface area contributed by atoms with Crippen molar-refractivity contribution in [2.24, 2.45) is 11.7 Å². The van der Waals surface area contributed by atoms with Gasteiger partial charge in [0, 0.05) is 18.2 Å². The van der Waals surface area contributed by atoms with Gasteiger partial charge in [0.05, 0.1) is 6.04 Å². The summed E-state index contributed by atoms with van der Waals surface area (Å²) >= 11 is 0. The Labute approximate surface area is 125 Å². The molecule has 116 valence electrons. The number of hydrogen-bond acceptors (Lipinski definition) is 2. The van der Waals surface area contributed by atoms with E-state index in [0.717, 1.165) is 19.4 Å². The third kappa shape index (κ3) is 2.84. The molecule has 2 fully saturated rings. The molecule has 1 aromatic rings. The molecule has 2 aliphatic rings. The zero-order valence-electron chi connectivity index (χ0n) is 12.4. The topological polar surface area (TPSA) is 29.3 Å². The molecule has 2 nitrogen and oxygen atoms in total. The average molecular weight is 294 g/mol. The van der Waals surface area contributed by atoms with Crippen LogP contribution in [0, 0.1) is 17.6 Å². The van der Waals surface area contributed by atoms with Crippen molar-refractivity contribution in [3.05, 3.63) is 35.4 Å². The molecule has 0 bridgehead atoms. The maximum Gasteiger partial charge on any atom is 0.130 e. The second-order valence-electron chi connectivity index (χ2n) is 6.38. The van der Waals surface area contributed by atoms with Gasteiger partial charge in [-0.05, 0) is 50.3 Å². The average Bonchev–Trinajstić information content (AvgIpc) is 3.13. The van der Waals surface area contributed by atoms with Crippen LogP contribution in [0.1, 0.15) is 50.1 Å². The van der Waals surface area contributed by atoms with Gasteiger partial charge in [-0.15, -0.1) is 0 Å². The SMILES string of the molecule is NCC(c1c(F)cccc1F)N1CCCC1C1CCCC1. The van der Waals surface area contributed by atoms with Crippen LogP contribution in [0.2, 0.25) is 0 Å². The van der Waals surface area contributed by atoms with Crippen molar-refractivity contribution >= 4 is 0 Å². The van der Waals surface area contributed by atoms with Crippen molar-refractivity contribution in [3.63, 3.8) is 0 Å². The standard InChI is InChI=1S/C17H24F2N2/c18-13-7-3-8-14(19)17(13)16(11-20)21-10-4-9-15(21)12-5-1-2-6-12/h3,7-8,12,15-16H,1-2,4-6,9-11,20H2. The van der Waals surface area contributed by atoms with Gasteiger partial charge in [0.1, 0.15) is 11.6 Å². The highest BCUT2D eigenvalue weighted by Gasteiger charge is 2.38. The second-order valence-corrected chi connectivity index (χ2v) is 6.38. The van der Waals surface area contributed by atoms with Gasteiger partial charge in [0.2, 0.25) is 0 Å². The quantitative estimate of drug-likeness (QED) is 0.919. The number of likely N-dealkylation sites (tertiary alicyclic amines) is 1. The van der Waals surface area contributed by atoms with E-state index in [9.17, 15) is 8.78 Å². The summed E-state index contributed by atoms with van der Waals surface area (Å²) in [6.07, 6.45) is 7.31. The number of nitrogens with zero attached hydrogens (tertiary/aromatic N) is 1. The summed E-state index contributed by atoms with van der Waals surface area (Å²) in [6, 6.07) is 4.20. The summed E-state index contributed by atoms with van der Waals surface area (Å²) in [5.74, 6) is -0.263. The lowest BCUT2D eigenvalue weighted by Crippen LogP contribution is -2.41. The molecule has 0 spiro atoms. The highest BCUT2D eigenvalue weighted by Crippen LogP contribution is 2.40. The van der Waals surface area contributed by atoms with E-state index in [0.29, 0.717) is 12.0 Å². The Kier molecular flexibility index (Phi) is 4.55. The van der Waals surface area contributed by atoms with Crippen LogP contribution in [0.15, 0.2) is 18.2 Å². The second kappa shape index (κ2) is 6.41. The molecule has 3 rings (SSSR count). The summed E-state index contributed by atoms with van der Waals surface area (Å²) < 4.78 is 28.2. The Balaban J connectivity index is 1.88. The largest absolute Gasteiger partial charge is 0.329 e. The zero-order valence-corrected chi connectivity index (χ0v) is 12.4. The van der Waals surface area contributed by atoms with Crippen molar-refractivity contribution in [1.82, 2.24) is 4.90 Å². The molecule has 1 heterocycles. The highest BCUT2D eigenvalue weighted by atomic mass is 19.1. The third-order valence-corrected chi connectivity index (χ3v) is 5.24. The molecule has 2 N–H and O–H groups in total. The minimum Gasteiger partial charge on any atom is -0.329 e. The molecule has 21 heavy (non-hydrogen) atoms. The summed E-state index contributed by atoms with van der Waals surface area (Å²) in [5, 5.41) is 0. The molecular formula is C17H24F2N2. The Morgan fingerprint density at radius 1 is 1.10 bits per heavy atom. The van der Waals surface area contributed by atoms with Crippen LogP contribution in [0.25, 0.3) is 0 Å². The maximum absolute atomic E-state index is 14.1. The predicted octanol–water partition coefficient (Wildman–Crippen LogP) is 3.62. The van der Waals surface area contributed by atoms with Gasteiger partial charge in [-0.1, -0.05) is 18.9 Å². The minimum atomic E-state index is -0.470. The van der Waals surface area contributed by atoms with Gasteiger partial charge in [-0.2, -0.15) is 0 Å². The minimum absolute atomic E-state index is 0.157. The summed E-state index contributed by atoms with van der Waals surface area (Å²) in [7, 11) is 0. The predicted molar refractivity (Wildman–Crippen MR) is 79.8 cm³/mol. The van der Waals surface area contributed by atoms with Gasteiger partial charge >= 0.3 is 0 Å². The normalized spacial score (nSPS) is 25.6. The first-order valence-corrected chi connectivity index (χ1v) is 8.12. The van der Waals surface area contributed by atoms with E-state index in [1.165, 1.54) is 43.9 Å². The van der Waals surface area contributed by atoms with Gasteiger partial charge < -0.3 is 5.73 Å². The van der Waals surface area contributed by atoms with E-state index < -0.39 is 11.6 Å². The molecule has 4 heteroatoms. The molecular weight excluding hydrogens is 270 g/mol. The Hall–Kier alpha value is -1.00. The Morgan fingerprint density at radius 2 is 1.76 bits per heavy atom. The fourth-order valence-corrected chi connectivity index (χ4v) is 4.30. The van der Waals surface area contributed by atoms with Crippen LogP contribution in [-0.4, -0.2) is 24.0 Å². The van der Waals surface area contributed by atoms with Gasteiger partial charge in [-0.3, -0.25) is 4.90 Å². The number of halogens is 2. The number of rotatable bonds is 4. The number of benzene rings is 1. The summed E-state index contributed by atoms with van der Waals surface area (Å²) in [6.45, 7) is 1.16. The maximum atomic E-state index is 14.1. The van der Waals surface area contributed by atoms with E-state index in [-0.39, 0.29) is 18.2 Å². The molecule has 1 saturated heterocycles. The van der Waals surface area contributed by atoms with Crippen LogP contribution >= 0.6 is 0 Å². The molecule has 0 radical (unpaired) electrons. The first-order chi connectivity index (χ1) is 10.2. The lowest BCUT2D eigenvalue weighted by atomic mass is 9.93. The van der Waals surface area contributed by atoms with E-state index in [2.05, 4.69) is 4.90 Å². The van der Waals surface area contributed by atoms with Crippen LogP contribution < -0.4 is 5.73 Å². The van der Waals surface area contributed by atoms with Gasteiger partial charge in [0.25, 0.3) is 0 Å². The Bertz CT molecular complexity index is 465. The fourth-order valence-electron chi connectivity index (χ4n) is 4.30. The van der Waals surface area contributed by atoms with Crippen molar-refractivity contribution in [2.45, 2.75) is 50.6 Å². The molecule has 1 aliphatic carbocycles. The van der Waals surface area contributed by atoms with Gasteiger partial charge in [0.15, 0.2) is 0 Å². The monoisotopic (exact) mass is 294 g/mol. The summed E-state index contributed by atoms with van der Waals surface area (Å²) in [5.41, 5.74) is 6.07.